The van der Waals surface area contributed by atoms with E-state index in [1.54, 1.807) is 18.5 Å². The van der Waals surface area contributed by atoms with E-state index < -0.39 is 12.9 Å². The summed E-state index contributed by atoms with van der Waals surface area (Å²) in [6, 6.07) is 6.96. The Bertz CT molecular complexity index is 1040. The van der Waals surface area contributed by atoms with Crippen LogP contribution in [0.25, 0.3) is 11.1 Å². The van der Waals surface area contributed by atoms with Gasteiger partial charge in [0.05, 0.1) is 36.6 Å². The van der Waals surface area contributed by atoms with E-state index in [-0.39, 0.29) is 11.4 Å². The van der Waals surface area contributed by atoms with E-state index in [1.807, 2.05) is 24.4 Å². The summed E-state index contributed by atoms with van der Waals surface area (Å²) in [5.74, 6) is -0.341. The summed E-state index contributed by atoms with van der Waals surface area (Å²) >= 11 is 0. The highest BCUT2D eigenvalue weighted by Gasteiger charge is 2.15. The SMILES string of the molecule is [2H]C([2H])([2H])NC(=O)c1nnccc1Nc1ccc(-c2cnn(OC)c2)cc1OCC. The molecule has 2 N–H and O–H groups in total. The summed E-state index contributed by atoms with van der Waals surface area (Å²) in [6.45, 7) is -0.379. The van der Waals surface area contributed by atoms with Crippen molar-refractivity contribution in [3.05, 3.63) is 48.5 Å². The molecule has 0 spiro atoms. The van der Waals surface area contributed by atoms with E-state index in [1.165, 1.54) is 24.2 Å². The minimum atomic E-state index is -2.64. The molecule has 3 rings (SSSR count). The Morgan fingerprint density at radius 3 is 2.93 bits per heavy atom. The van der Waals surface area contributed by atoms with Crippen LogP contribution in [0, 0.1) is 0 Å². The molecule has 0 saturated carbocycles. The number of hydrogen-bond donors (Lipinski definition) is 2. The molecule has 0 fully saturated rings. The van der Waals surface area contributed by atoms with Crippen LogP contribution in [0.3, 0.4) is 0 Å². The predicted molar refractivity (Wildman–Crippen MR) is 100 cm³/mol. The van der Waals surface area contributed by atoms with Crippen LogP contribution in [0.4, 0.5) is 11.4 Å². The van der Waals surface area contributed by atoms with Gasteiger partial charge in [0.25, 0.3) is 5.91 Å². The van der Waals surface area contributed by atoms with Gasteiger partial charge in [-0.3, -0.25) is 4.79 Å². The molecule has 0 bridgehead atoms. The molecule has 1 amide bonds. The van der Waals surface area contributed by atoms with Gasteiger partial charge in [-0.15, -0.1) is 15.0 Å². The second-order valence-corrected chi connectivity index (χ2v) is 5.33. The number of amides is 1. The van der Waals surface area contributed by atoms with E-state index in [0.29, 0.717) is 18.0 Å². The average molecular weight is 371 g/mol. The van der Waals surface area contributed by atoms with Crippen LogP contribution < -0.4 is 20.2 Å². The molecule has 0 radical (unpaired) electrons. The first-order valence-electron chi connectivity index (χ1n) is 9.58. The standard InChI is InChI=1S/C18H20N6O3/c1-4-27-16-9-12(13-10-21-24(11-13)26-3)5-6-14(16)22-15-7-8-20-23-17(15)18(25)19-2/h5-11H,4H2,1-3H3,(H,19,25)(H,20,22)/i2D3. The van der Waals surface area contributed by atoms with E-state index in [2.05, 4.69) is 20.6 Å². The zero-order chi connectivity index (χ0) is 21.7. The first-order chi connectivity index (χ1) is 14.3. The van der Waals surface area contributed by atoms with E-state index in [4.69, 9.17) is 13.7 Å². The molecule has 140 valence electrons. The van der Waals surface area contributed by atoms with Gasteiger partial charge in [0.15, 0.2) is 5.69 Å². The summed E-state index contributed by atoms with van der Waals surface area (Å²) in [7, 11) is 1.51. The van der Waals surface area contributed by atoms with Gasteiger partial charge in [-0.05, 0) is 30.7 Å². The largest absolute Gasteiger partial charge is 0.492 e. The minimum Gasteiger partial charge on any atom is -0.492 e. The average Bonchev–Trinajstić information content (AvgIpc) is 3.18. The number of ether oxygens (including phenoxy) is 1. The lowest BCUT2D eigenvalue weighted by atomic mass is 10.1. The summed E-state index contributed by atoms with van der Waals surface area (Å²) in [6.07, 6.45) is 4.77. The number of nitrogens with zero attached hydrogens (tertiary/aromatic N) is 4. The fourth-order valence-electron chi connectivity index (χ4n) is 2.44. The van der Waals surface area contributed by atoms with Crippen LogP contribution >= 0.6 is 0 Å². The van der Waals surface area contributed by atoms with Gasteiger partial charge in [-0.25, -0.2) is 0 Å². The molecular weight excluding hydrogens is 348 g/mol. The normalized spacial score (nSPS) is 12.4. The minimum absolute atomic E-state index is 0.151. The van der Waals surface area contributed by atoms with Crippen LogP contribution in [0.2, 0.25) is 0 Å². The fraction of sp³-hybridized carbons (Fsp3) is 0.222. The van der Waals surface area contributed by atoms with Gasteiger partial charge in [-0.2, -0.15) is 5.10 Å². The van der Waals surface area contributed by atoms with Gasteiger partial charge < -0.3 is 20.2 Å². The van der Waals surface area contributed by atoms with Gasteiger partial charge in [0.2, 0.25) is 0 Å². The van der Waals surface area contributed by atoms with Crippen LogP contribution in [-0.2, 0) is 0 Å². The van der Waals surface area contributed by atoms with Crippen molar-refractivity contribution in [2.24, 2.45) is 0 Å². The van der Waals surface area contributed by atoms with Crippen molar-refractivity contribution >= 4 is 17.3 Å². The van der Waals surface area contributed by atoms with Crippen LogP contribution in [-0.4, -0.2) is 46.7 Å². The Kier molecular flexibility index (Phi) is 4.40. The maximum Gasteiger partial charge on any atom is 0.273 e. The highest BCUT2D eigenvalue weighted by Crippen LogP contribution is 2.33. The monoisotopic (exact) mass is 371 g/mol. The molecule has 0 aliphatic heterocycles. The van der Waals surface area contributed by atoms with Crippen molar-refractivity contribution in [2.75, 3.05) is 26.0 Å². The zero-order valence-electron chi connectivity index (χ0n) is 17.8. The lowest BCUT2D eigenvalue weighted by Crippen LogP contribution is -2.21. The van der Waals surface area contributed by atoms with Crippen molar-refractivity contribution < 1.29 is 18.5 Å². The topological polar surface area (TPSA) is 103 Å². The number of rotatable bonds is 7. The Labute approximate surface area is 160 Å². The highest BCUT2D eigenvalue weighted by molar-refractivity contribution is 5.98. The lowest BCUT2D eigenvalue weighted by Gasteiger charge is -2.15. The third-order valence-corrected chi connectivity index (χ3v) is 3.68. The van der Waals surface area contributed by atoms with E-state index in [9.17, 15) is 4.79 Å². The molecule has 0 atom stereocenters. The van der Waals surface area contributed by atoms with Crippen LogP contribution in [0.5, 0.6) is 5.75 Å². The van der Waals surface area contributed by atoms with Gasteiger partial charge in [-0.1, -0.05) is 6.07 Å². The van der Waals surface area contributed by atoms with Crippen molar-refractivity contribution in [3.8, 4) is 16.9 Å². The maximum atomic E-state index is 12.3. The van der Waals surface area contributed by atoms with Crippen LogP contribution in [0.1, 0.15) is 21.5 Å². The Morgan fingerprint density at radius 1 is 1.30 bits per heavy atom. The predicted octanol–water partition coefficient (Wildman–Crippen LogP) is 1.90. The first kappa shape index (κ1) is 14.5. The van der Waals surface area contributed by atoms with Crippen molar-refractivity contribution in [1.29, 1.82) is 0 Å². The molecule has 2 heterocycles. The van der Waals surface area contributed by atoms with Crippen LogP contribution in [0.15, 0.2) is 42.9 Å². The number of benzene rings is 1. The van der Waals surface area contributed by atoms with Crippen molar-refractivity contribution in [1.82, 2.24) is 25.5 Å². The number of hydrogen-bond acceptors (Lipinski definition) is 7. The number of carbonyl (C=O) groups excluding carboxylic acids is 1. The number of nitrogens with one attached hydrogen (secondary N) is 2. The summed E-state index contributed by atoms with van der Waals surface area (Å²) in [5.41, 5.74) is 2.37. The number of anilines is 2. The third kappa shape index (κ3) is 3.97. The van der Waals surface area contributed by atoms with E-state index in [0.717, 1.165) is 11.1 Å². The fourth-order valence-corrected chi connectivity index (χ4v) is 2.44. The van der Waals surface area contributed by atoms with Crippen molar-refractivity contribution in [3.63, 3.8) is 0 Å². The zero-order valence-corrected chi connectivity index (χ0v) is 14.8. The molecule has 2 aromatic heterocycles. The van der Waals surface area contributed by atoms with E-state index >= 15 is 0 Å². The Hall–Kier alpha value is -3.62. The molecule has 0 aliphatic carbocycles. The lowest BCUT2D eigenvalue weighted by molar-refractivity contribution is 0.0958. The van der Waals surface area contributed by atoms with Gasteiger partial charge in [0, 0.05) is 16.7 Å². The summed E-state index contributed by atoms with van der Waals surface area (Å²) < 4.78 is 27.4. The summed E-state index contributed by atoms with van der Waals surface area (Å²) in [5, 5.41) is 16.5. The summed E-state index contributed by atoms with van der Waals surface area (Å²) in [4.78, 5) is 18.7. The highest BCUT2D eigenvalue weighted by atomic mass is 16.7. The quantitative estimate of drug-likeness (QED) is 0.654. The van der Waals surface area contributed by atoms with Gasteiger partial charge in [0.1, 0.15) is 12.9 Å². The molecule has 0 saturated heterocycles. The third-order valence-electron chi connectivity index (χ3n) is 3.68. The molecule has 3 aromatic rings. The number of carbonyl (C=O) groups is 1. The smallest absolute Gasteiger partial charge is 0.273 e. The first-order valence-corrected chi connectivity index (χ1v) is 8.08. The molecule has 0 unspecified atom stereocenters. The second-order valence-electron chi connectivity index (χ2n) is 5.33. The Balaban J connectivity index is 1.92. The number of aromatic nitrogens is 4. The second kappa shape index (κ2) is 8.17. The Morgan fingerprint density at radius 2 is 2.19 bits per heavy atom. The molecule has 9 heteroatoms. The molecule has 27 heavy (non-hydrogen) atoms. The maximum absolute atomic E-state index is 12.3. The molecule has 0 aliphatic rings. The molecule has 9 nitrogen and oxygen atoms in total. The van der Waals surface area contributed by atoms with Crippen molar-refractivity contribution in [2.45, 2.75) is 6.92 Å². The van der Waals surface area contributed by atoms with Gasteiger partial charge >= 0.3 is 0 Å². The molecule has 1 aromatic carbocycles. The molecular formula is C18H20N6O3.